The second kappa shape index (κ2) is 4.75. The standard InChI is InChI=1S/C13H9N3O5/c17-13(18)12-9(8-3-1-2-4-10(8)21-12)7-15-6-5-11(14-15)16(19)20/h1-6H,7H2,(H,17,18). The highest BCUT2D eigenvalue weighted by atomic mass is 16.6. The van der Waals surface area contributed by atoms with Crippen LogP contribution in [0.5, 0.6) is 0 Å². The van der Waals surface area contributed by atoms with Crippen LogP contribution in [-0.4, -0.2) is 25.8 Å². The Morgan fingerprint density at radius 1 is 1.38 bits per heavy atom. The molecule has 0 unspecified atom stereocenters. The average molecular weight is 287 g/mol. The highest BCUT2D eigenvalue weighted by molar-refractivity contribution is 5.95. The van der Waals surface area contributed by atoms with E-state index in [1.807, 2.05) is 0 Å². The zero-order chi connectivity index (χ0) is 15.0. The van der Waals surface area contributed by atoms with Gasteiger partial charge in [0.25, 0.3) is 0 Å². The Bertz CT molecular complexity index is 848. The summed E-state index contributed by atoms with van der Waals surface area (Å²) in [6.45, 7) is 0.0759. The third-order valence-corrected chi connectivity index (χ3v) is 3.03. The van der Waals surface area contributed by atoms with E-state index in [1.165, 1.54) is 16.9 Å². The van der Waals surface area contributed by atoms with Crippen molar-refractivity contribution in [1.29, 1.82) is 0 Å². The van der Waals surface area contributed by atoms with Crippen molar-refractivity contribution in [3.63, 3.8) is 0 Å². The van der Waals surface area contributed by atoms with E-state index in [0.29, 0.717) is 16.5 Å². The molecule has 3 rings (SSSR count). The van der Waals surface area contributed by atoms with E-state index in [-0.39, 0.29) is 18.1 Å². The van der Waals surface area contributed by atoms with E-state index >= 15 is 0 Å². The molecule has 0 saturated carbocycles. The number of para-hydroxylation sites is 1. The van der Waals surface area contributed by atoms with Crippen LogP contribution in [0.4, 0.5) is 5.82 Å². The van der Waals surface area contributed by atoms with E-state index in [4.69, 9.17) is 4.42 Å². The molecule has 3 aromatic rings. The van der Waals surface area contributed by atoms with Crippen molar-refractivity contribution in [2.24, 2.45) is 0 Å². The van der Waals surface area contributed by atoms with Gasteiger partial charge in [-0.05, 0) is 11.0 Å². The summed E-state index contributed by atoms with van der Waals surface area (Å²) in [5, 5.41) is 24.2. The molecule has 8 nitrogen and oxygen atoms in total. The van der Waals surface area contributed by atoms with Crippen LogP contribution < -0.4 is 0 Å². The number of hydrogen-bond donors (Lipinski definition) is 1. The number of aromatic carboxylic acids is 1. The van der Waals surface area contributed by atoms with Crippen LogP contribution in [-0.2, 0) is 6.54 Å². The monoisotopic (exact) mass is 287 g/mol. The van der Waals surface area contributed by atoms with E-state index in [0.717, 1.165) is 0 Å². The Kier molecular flexibility index (Phi) is 2.90. The Hall–Kier alpha value is -3.16. The van der Waals surface area contributed by atoms with Crippen LogP contribution in [0.15, 0.2) is 40.9 Å². The molecule has 1 N–H and O–H groups in total. The van der Waals surface area contributed by atoms with Gasteiger partial charge in [-0.1, -0.05) is 18.2 Å². The average Bonchev–Trinajstić information content (AvgIpc) is 3.05. The molecule has 0 bridgehead atoms. The molecule has 21 heavy (non-hydrogen) atoms. The first-order chi connectivity index (χ1) is 10.1. The van der Waals surface area contributed by atoms with Gasteiger partial charge in [0.1, 0.15) is 5.58 Å². The minimum Gasteiger partial charge on any atom is -0.475 e. The molecule has 0 spiro atoms. The van der Waals surface area contributed by atoms with Gasteiger partial charge in [0.2, 0.25) is 5.76 Å². The summed E-state index contributed by atoms with van der Waals surface area (Å²) in [6, 6.07) is 8.15. The van der Waals surface area contributed by atoms with Crippen molar-refractivity contribution >= 4 is 22.8 Å². The maximum absolute atomic E-state index is 11.3. The SMILES string of the molecule is O=C(O)c1oc2ccccc2c1Cn1ccc([N+](=O)[O-])n1. The number of carboxylic acid groups (broad SMARTS) is 1. The summed E-state index contributed by atoms with van der Waals surface area (Å²) in [4.78, 5) is 21.3. The van der Waals surface area contributed by atoms with Crippen LogP contribution >= 0.6 is 0 Å². The third kappa shape index (κ3) is 2.22. The minimum atomic E-state index is -1.19. The fraction of sp³-hybridized carbons (Fsp3) is 0.0769. The molecule has 0 atom stereocenters. The predicted molar refractivity (Wildman–Crippen MR) is 71.2 cm³/mol. The first-order valence-electron chi connectivity index (χ1n) is 5.98. The van der Waals surface area contributed by atoms with Crippen molar-refractivity contribution in [2.45, 2.75) is 6.54 Å². The van der Waals surface area contributed by atoms with Gasteiger partial charge in [-0.25, -0.2) is 4.79 Å². The van der Waals surface area contributed by atoms with Gasteiger partial charge in [0.15, 0.2) is 0 Å². The summed E-state index contributed by atoms with van der Waals surface area (Å²) in [5.41, 5.74) is 0.877. The predicted octanol–water partition coefficient (Wildman–Crippen LogP) is 2.28. The molecule has 0 aliphatic rings. The summed E-state index contributed by atoms with van der Waals surface area (Å²) >= 11 is 0. The number of aromatic nitrogens is 2. The van der Waals surface area contributed by atoms with Gasteiger partial charge in [-0.15, -0.1) is 0 Å². The van der Waals surface area contributed by atoms with Gasteiger partial charge in [-0.3, -0.25) is 0 Å². The fourth-order valence-electron chi connectivity index (χ4n) is 2.13. The summed E-state index contributed by atoms with van der Waals surface area (Å²) in [6.07, 6.45) is 1.42. The zero-order valence-electron chi connectivity index (χ0n) is 10.6. The molecular weight excluding hydrogens is 278 g/mol. The number of benzene rings is 1. The quantitative estimate of drug-likeness (QED) is 0.582. The number of fused-ring (bicyclic) bond motifs is 1. The van der Waals surface area contributed by atoms with Gasteiger partial charge < -0.3 is 19.6 Å². The lowest BCUT2D eigenvalue weighted by atomic mass is 10.1. The normalized spacial score (nSPS) is 10.9. The Labute approximate surface area is 117 Å². The number of hydrogen-bond acceptors (Lipinski definition) is 5. The second-order valence-corrected chi connectivity index (χ2v) is 4.34. The van der Waals surface area contributed by atoms with E-state index in [2.05, 4.69) is 5.10 Å². The van der Waals surface area contributed by atoms with Crippen LogP contribution in [0.3, 0.4) is 0 Å². The van der Waals surface area contributed by atoms with Crippen LogP contribution in [0.2, 0.25) is 0 Å². The van der Waals surface area contributed by atoms with E-state index < -0.39 is 10.9 Å². The molecule has 2 aromatic heterocycles. The first kappa shape index (κ1) is 12.9. The number of rotatable bonds is 4. The van der Waals surface area contributed by atoms with Crippen molar-refractivity contribution in [3.8, 4) is 0 Å². The highest BCUT2D eigenvalue weighted by Crippen LogP contribution is 2.26. The molecule has 106 valence electrons. The summed E-state index contributed by atoms with van der Waals surface area (Å²) in [7, 11) is 0. The van der Waals surface area contributed by atoms with E-state index in [1.54, 1.807) is 24.3 Å². The number of carboxylic acids is 1. The molecule has 0 saturated heterocycles. The number of carbonyl (C=O) groups is 1. The smallest absolute Gasteiger partial charge is 0.389 e. The Morgan fingerprint density at radius 3 is 2.81 bits per heavy atom. The second-order valence-electron chi connectivity index (χ2n) is 4.34. The topological polar surface area (TPSA) is 111 Å². The largest absolute Gasteiger partial charge is 0.475 e. The van der Waals surface area contributed by atoms with Crippen LogP contribution in [0, 0.1) is 10.1 Å². The van der Waals surface area contributed by atoms with Crippen LogP contribution in [0.25, 0.3) is 11.0 Å². The minimum absolute atomic E-state index is 0.0759. The Morgan fingerprint density at radius 2 is 2.14 bits per heavy atom. The number of nitro groups is 1. The molecule has 0 fully saturated rings. The van der Waals surface area contributed by atoms with Gasteiger partial charge in [0.05, 0.1) is 23.9 Å². The zero-order valence-corrected chi connectivity index (χ0v) is 10.6. The lowest BCUT2D eigenvalue weighted by Crippen LogP contribution is -2.06. The highest BCUT2D eigenvalue weighted by Gasteiger charge is 2.21. The summed E-state index contributed by atoms with van der Waals surface area (Å²) < 4.78 is 6.62. The summed E-state index contributed by atoms with van der Waals surface area (Å²) in [5.74, 6) is -1.67. The van der Waals surface area contributed by atoms with Crippen LogP contribution in [0.1, 0.15) is 16.1 Å². The number of furan rings is 1. The number of nitrogens with zero attached hydrogens (tertiary/aromatic N) is 3. The molecular formula is C13H9N3O5. The van der Waals surface area contributed by atoms with Crippen molar-refractivity contribution in [3.05, 3.63) is 58.0 Å². The van der Waals surface area contributed by atoms with E-state index in [9.17, 15) is 20.0 Å². The lowest BCUT2D eigenvalue weighted by Gasteiger charge is -1.97. The van der Waals surface area contributed by atoms with Gasteiger partial charge >= 0.3 is 11.8 Å². The van der Waals surface area contributed by atoms with Crippen molar-refractivity contribution in [2.75, 3.05) is 0 Å². The Balaban J connectivity index is 2.07. The third-order valence-electron chi connectivity index (χ3n) is 3.03. The maximum Gasteiger partial charge on any atom is 0.389 e. The van der Waals surface area contributed by atoms with Gasteiger partial charge in [0, 0.05) is 10.9 Å². The molecule has 8 heteroatoms. The molecule has 0 amide bonds. The molecule has 0 aliphatic carbocycles. The molecule has 0 radical (unpaired) electrons. The van der Waals surface area contributed by atoms with Gasteiger partial charge in [-0.2, -0.15) is 4.68 Å². The lowest BCUT2D eigenvalue weighted by molar-refractivity contribution is -0.389. The van der Waals surface area contributed by atoms with Crippen molar-refractivity contribution in [1.82, 2.24) is 9.78 Å². The molecule has 2 heterocycles. The molecule has 0 aliphatic heterocycles. The fourth-order valence-corrected chi connectivity index (χ4v) is 2.13. The maximum atomic E-state index is 11.3. The molecule has 1 aromatic carbocycles. The van der Waals surface area contributed by atoms with Crippen molar-refractivity contribution < 1.29 is 19.2 Å². The first-order valence-corrected chi connectivity index (χ1v) is 5.98.